The number of carbonyl (C=O) groups is 4. The number of hydrogen-bond donors (Lipinski definition) is 3. The highest BCUT2D eigenvalue weighted by atomic mass is 32.2. The average molecular weight is 427 g/mol. The number of thiophene rings is 1. The minimum Gasteiger partial charge on any atom is -0.477 e. The molecular weight excluding hydrogens is 410 g/mol. The number of hydrogen-bond acceptors (Lipinski definition) is 8. The summed E-state index contributed by atoms with van der Waals surface area (Å²) in [7, 11) is 1.27. The van der Waals surface area contributed by atoms with E-state index < -0.39 is 35.0 Å². The topological polar surface area (TPSA) is 148 Å². The minimum atomic E-state index is -1.66. The molecule has 1 unspecified atom stereocenters. The number of methoxy groups -OCH3 is 1. The molecule has 0 bridgehead atoms. The zero-order valence-corrected chi connectivity index (χ0v) is 16.3. The summed E-state index contributed by atoms with van der Waals surface area (Å²) >= 11 is 2.60. The zero-order valence-electron chi connectivity index (χ0n) is 14.7. The van der Waals surface area contributed by atoms with Crippen molar-refractivity contribution in [2.45, 2.75) is 17.5 Å². The van der Waals surface area contributed by atoms with Gasteiger partial charge in [-0.3, -0.25) is 14.5 Å². The molecule has 1 saturated heterocycles. The second kappa shape index (κ2) is 7.81. The molecule has 3 heterocycles. The van der Waals surface area contributed by atoms with E-state index in [2.05, 4.69) is 10.1 Å². The van der Waals surface area contributed by atoms with Gasteiger partial charge in [0, 0.05) is 23.3 Å². The molecule has 3 amide bonds. The van der Waals surface area contributed by atoms with Gasteiger partial charge in [-0.05, 0) is 11.4 Å². The predicted molar refractivity (Wildman–Crippen MR) is 99.2 cm³/mol. The van der Waals surface area contributed by atoms with Crippen LogP contribution < -0.4 is 11.1 Å². The molecule has 0 aromatic carbocycles. The Kier molecular flexibility index (Phi) is 5.63. The first kappa shape index (κ1) is 20.2. The molecule has 4 N–H and O–H groups in total. The molecule has 12 heteroatoms. The Morgan fingerprint density at radius 2 is 2.21 bits per heavy atom. The van der Waals surface area contributed by atoms with E-state index in [9.17, 15) is 24.3 Å². The van der Waals surface area contributed by atoms with Crippen LogP contribution in [0.25, 0.3) is 0 Å². The molecule has 28 heavy (non-hydrogen) atoms. The Hall–Kier alpha value is -2.57. The molecule has 2 aliphatic rings. The smallest absolute Gasteiger partial charge is 0.404 e. The minimum absolute atomic E-state index is 0.0762. The van der Waals surface area contributed by atoms with Crippen molar-refractivity contribution in [3.63, 3.8) is 0 Å². The van der Waals surface area contributed by atoms with E-state index in [0.29, 0.717) is 0 Å². The number of nitrogens with two attached hydrogens (primary N) is 1. The summed E-state index contributed by atoms with van der Waals surface area (Å²) in [5.74, 6) is -2.31. The Morgan fingerprint density at radius 1 is 1.46 bits per heavy atom. The van der Waals surface area contributed by atoms with Crippen LogP contribution in [0.1, 0.15) is 4.88 Å². The number of rotatable bonds is 7. The van der Waals surface area contributed by atoms with Crippen LogP contribution in [0.2, 0.25) is 0 Å². The molecule has 1 aromatic heterocycles. The number of ether oxygens (including phenoxy) is 2. The molecule has 0 saturated carbocycles. The van der Waals surface area contributed by atoms with Crippen molar-refractivity contribution in [1.29, 1.82) is 0 Å². The van der Waals surface area contributed by atoms with Gasteiger partial charge >= 0.3 is 12.1 Å². The van der Waals surface area contributed by atoms with Crippen molar-refractivity contribution in [2.24, 2.45) is 5.73 Å². The number of primary amides is 1. The lowest BCUT2D eigenvalue weighted by Gasteiger charge is -2.55. The summed E-state index contributed by atoms with van der Waals surface area (Å²) in [6.45, 7) is -0.342. The largest absolute Gasteiger partial charge is 0.477 e. The van der Waals surface area contributed by atoms with E-state index in [1.54, 1.807) is 6.07 Å². The van der Waals surface area contributed by atoms with Gasteiger partial charge in [-0.15, -0.1) is 23.1 Å². The van der Waals surface area contributed by atoms with Gasteiger partial charge in [0.2, 0.25) is 5.91 Å². The van der Waals surface area contributed by atoms with E-state index in [0.717, 1.165) is 9.78 Å². The Balaban J connectivity index is 1.81. The SMILES string of the molecule is COC1(NC(=O)Cc2cccs2)C(=O)N2C(C(=O)O)=C(COC(N)=O)CS[C@@H]21. The molecule has 0 aliphatic carbocycles. The fourth-order valence-corrected chi connectivity index (χ4v) is 5.16. The highest BCUT2D eigenvalue weighted by molar-refractivity contribution is 8.00. The lowest BCUT2D eigenvalue weighted by atomic mass is 9.98. The number of carboxylic acid groups (broad SMARTS) is 1. The highest BCUT2D eigenvalue weighted by Crippen LogP contribution is 2.46. The first-order valence-corrected chi connectivity index (χ1v) is 9.94. The lowest BCUT2D eigenvalue weighted by molar-refractivity contribution is -0.192. The van der Waals surface area contributed by atoms with Crippen LogP contribution in [0.3, 0.4) is 0 Å². The average Bonchev–Trinajstić information content (AvgIpc) is 3.15. The van der Waals surface area contributed by atoms with Crippen molar-refractivity contribution in [2.75, 3.05) is 19.5 Å². The van der Waals surface area contributed by atoms with E-state index >= 15 is 0 Å². The fourth-order valence-electron chi connectivity index (χ4n) is 3.04. The van der Waals surface area contributed by atoms with E-state index in [1.807, 2.05) is 11.4 Å². The molecule has 150 valence electrons. The number of β-lactam (4-membered cyclic amide) rings is 1. The summed E-state index contributed by atoms with van der Waals surface area (Å²) in [5.41, 5.74) is 3.20. The standard InChI is InChI=1S/C16H17N3O7S2/c1-25-16(18-10(20)5-9-3-2-4-27-9)13(23)19-11(12(21)22)8(6-26-15(17)24)7-28-14(16)19/h2-4,14H,5-7H2,1H3,(H2,17,24)(H,18,20)(H,21,22)/t14-,16?/m1/s1. The maximum Gasteiger partial charge on any atom is 0.404 e. The number of amides is 3. The van der Waals surface area contributed by atoms with Gasteiger partial charge in [0.15, 0.2) is 0 Å². The van der Waals surface area contributed by atoms with Crippen LogP contribution in [-0.2, 0) is 30.3 Å². The van der Waals surface area contributed by atoms with Gasteiger partial charge in [0.25, 0.3) is 11.6 Å². The van der Waals surface area contributed by atoms with Crippen molar-refractivity contribution >= 4 is 47.0 Å². The summed E-state index contributed by atoms with van der Waals surface area (Å²) in [5, 5.41) is 13.2. The van der Waals surface area contributed by atoms with Crippen LogP contribution in [0.5, 0.6) is 0 Å². The molecule has 1 aromatic rings. The van der Waals surface area contributed by atoms with Crippen molar-refractivity contribution in [3.05, 3.63) is 33.7 Å². The van der Waals surface area contributed by atoms with Gasteiger partial charge in [-0.2, -0.15) is 0 Å². The fraction of sp³-hybridized carbons (Fsp3) is 0.375. The van der Waals surface area contributed by atoms with E-state index in [-0.39, 0.29) is 30.1 Å². The van der Waals surface area contributed by atoms with Crippen LogP contribution in [0.4, 0.5) is 4.79 Å². The zero-order chi connectivity index (χ0) is 20.5. The van der Waals surface area contributed by atoms with Gasteiger partial charge < -0.3 is 25.6 Å². The molecule has 2 atom stereocenters. The predicted octanol–water partition coefficient (Wildman–Crippen LogP) is 0.0986. The Morgan fingerprint density at radius 3 is 2.79 bits per heavy atom. The summed E-state index contributed by atoms with van der Waals surface area (Å²) in [6.07, 6.45) is -0.973. The van der Waals surface area contributed by atoms with Crippen LogP contribution in [0.15, 0.2) is 28.8 Å². The van der Waals surface area contributed by atoms with Gasteiger partial charge in [0.05, 0.1) is 6.42 Å². The molecule has 2 aliphatic heterocycles. The second-order valence-electron chi connectivity index (χ2n) is 5.95. The quantitative estimate of drug-likeness (QED) is 0.410. The van der Waals surface area contributed by atoms with Crippen molar-refractivity contribution in [1.82, 2.24) is 10.2 Å². The summed E-state index contributed by atoms with van der Waals surface area (Å²) in [4.78, 5) is 49.6. The molecular formula is C16H17N3O7S2. The third kappa shape index (κ3) is 3.45. The number of nitrogens with one attached hydrogen (secondary N) is 1. The van der Waals surface area contributed by atoms with Gasteiger partial charge in [0.1, 0.15) is 17.7 Å². The van der Waals surface area contributed by atoms with Gasteiger partial charge in [-0.1, -0.05) is 6.07 Å². The first-order valence-electron chi connectivity index (χ1n) is 8.01. The maximum atomic E-state index is 12.8. The summed E-state index contributed by atoms with van der Waals surface area (Å²) in [6, 6.07) is 3.61. The number of aliphatic carboxylic acids is 1. The third-order valence-corrected chi connectivity index (χ3v) is 6.51. The number of fused-ring (bicyclic) bond motifs is 1. The first-order chi connectivity index (χ1) is 13.3. The number of carboxylic acids is 1. The van der Waals surface area contributed by atoms with E-state index in [1.165, 1.54) is 30.2 Å². The molecule has 0 spiro atoms. The van der Waals surface area contributed by atoms with Crippen molar-refractivity contribution < 1.29 is 33.8 Å². The number of carbonyl (C=O) groups excluding carboxylic acids is 3. The van der Waals surface area contributed by atoms with E-state index in [4.69, 9.17) is 10.5 Å². The molecule has 1 fully saturated rings. The monoisotopic (exact) mass is 427 g/mol. The van der Waals surface area contributed by atoms with Crippen LogP contribution >= 0.6 is 23.1 Å². The molecule has 0 radical (unpaired) electrons. The second-order valence-corrected chi connectivity index (χ2v) is 8.05. The maximum absolute atomic E-state index is 12.8. The summed E-state index contributed by atoms with van der Waals surface area (Å²) < 4.78 is 10.0. The molecule has 10 nitrogen and oxygen atoms in total. The lowest BCUT2D eigenvalue weighted by Crippen LogP contribution is -2.80. The Bertz CT molecular complexity index is 854. The van der Waals surface area contributed by atoms with Gasteiger partial charge in [-0.25, -0.2) is 9.59 Å². The molecule has 3 rings (SSSR count). The Labute approximate surface area is 167 Å². The number of thioether (sulfide) groups is 1. The third-order valence-electron chi connectivity index (χ3n) is 4.26. The number of nitrogens with zero attached hydrogens (tertiary/aromatic N) is 1. The van der Waals surface area contributed by atoms with Crippen molar-refractivity contribution in [3.8, 4) is 0 Å². The van der Waals surface area contributed by atoms with Crippen LogP contribution in [0, 0.1) is 0 Å². The highest BCUT2D eigenvalue weighted by Gasteiger charge is 2.66. The normalized spacial score (nSPS) is 23.7. The van der Waals surface area contributed by atoms with Crippen LogP contribution in [-0.4, -0.2) is 64.5 Å².